The Bertz CT molecular complexity index is 769. The fourth-order valence-corrected chi connectivity index (χ4v) is 1.57. The lowest BCUT2D eigenvalue weighted by atomic mass is 10.2. The van der Waals surface area contributed by atoms with Crippen LogP contribution in [0.5, 0.6) is 11.5 Å². The summed E-state index contributed by atoms with van der Waals surface area (Å²) in [5.74, 6) is -20.1. The molecule has 0 aliphatic heterocycles. The number of hydrogen-bond acceptors (Lipinski definition) is 5. The Morgan fingerprint density at radius 2 is 1.31 bits per heavy atom. The van der Waals surface area contributed by atoms with Crippen molar-refractivity contribution in [2.45, 2.75) is 30.8 Å². The third-order valence-electron chi connectivity index (χ3n) is 3.06. The van der Waals surface area contributed by atoms with E-state index in [1.807, 2.05) is 0 Å². The number of esters is 2. The number of carbonyl (C=O) groups excluding carboxylic acids is 2. The molecule has 5 nitrogen and oxygen atoms in total. The molecule has 1 aromatic rings. The number of carbonyl (C=O) groups is 2. The van der Waals surface area contributed by atoms with E-state index < -0.39 is 59.8 Å². The molecular formula is C14H8F10O5. The molecule has 0 aliphatic carbocycles. The van der Waals surface area contributed by atoms with Gasteiger partial charge in [0.15, 0.2) is 11.5 Å². The Hall–Kier alpha value is -2.74. The second-order valence-electron chi connectivity index (χ2n) is 5.06. The maximum absolute atomic E-state index is 13.0. The minimum Gasteiger partial charge on any atom is -0.493 e. The SMILES string of the molecule is COc1cccc(COC(=O)C(F)(F)C(F)(F)F)c1OC(=O)C(F)(F)C(F)(F)F. The number of ether oxygens (including phenoxy) is 3. The molecule has 0 unspecified atom stereocenters. The van der Waals surface area contributed by atoms with Crippen molar-refractivity contribution in [2.75, 3.05) is 7.11 Å². The predicted octanol–water partition coefficient (Wildman–Crippen LogP) is 4.04. The summed E-state index contributed by atoms with van der Waals surface area (Å²) in [4.78, 5) is 22.2. The largest absolute Gasteiger partial charge is 0.493 e. The fraction of sp³-hybridized carbons (Fsp3) is 0.429. The Labute approximate surface area is 154 Å². The third-order valence-corrected chi connectivity index (χ3v) is 3.06. The monoisotopic (exact) mass is 446 g/mol. The van der Waals surface area contributed by atoms with E-state index in [4.69, 9.17) is 0 Å². The number of halogens is 10. The van der Waals surface area contributed by atoms with Gasteiger partial charge in [-0.15, -0.1) is 0 Å². The zero-order valence-corrected chi connectivity index (χ0v) is 13.8. The van der Waals surface area contributed by atoms with Crippen molar-refractivity contribution in [2.24, 2.45) is 0 Å². The zero-order chi connectivity index (χ0) is 22.8. The second-order valence-corrected chi connectivity index (χ2v) is 5.06. The van der Waals surface area contributed by atoms with Gasteiger partial charge in [-0.05, 0) is 6.07 Å². The summed E-state index contributed by atoms with van der Waals surface area (Å²) in [6, 6.07) is 2.54. The summed E-state index contributed by atoms with van der Waals surface area (Å²) < 4.78 is 137. The highest BCUT2D eigenvalue weighted by Gasteiger charge is 2.66. The molecule has 0 spiro atoms. The summed E-state index contributed by atoms with van der Waals surface area (Å²) >= 11 is 0. The van der Waals surface area contributed by atoms with Crippen LogP contribution >= 0.6 is 0 Å². The van der Waals surface area contributed by atoms with Crippen molar-refractivity contribution in [3.8, 4) is 11.5 Å². The van der Waals surface area contributed by atoms with E-state index >= 15 is 0 Å². The third kappa shape index (κ3) is 5.00. The van der Waals surface area contributed by atoms with Crippen LogP contribution in [0.15, 0.2) is 18.2 Å². The Morgan fingerprint density at radius 3 is 1.76 bits per heavy atom. The number of hydrogen-bond donors (Lipinski definition) is 0. The van der Waals surface area contributed by atoms with E-state index in [0.29, 0.717) is 0 Å². The number of rotatable bonds is 6. The predicted molar refractivity (Wildman–Crippen MR) is 70.4 cm³/mol. The van der Waals surface area contributed by atoms with Crippen LogP contribution in [0.2, 0.25) is 0 Å². The topological polar surface area (TPSA) is 61.8 Å². The molecule has 0 saturated heterocycles. The summed E-state index contributed by atoms with van der Waals surface area (Å²) in [5.41, 5.74) is -0.818. The van der Waals surface area contributed by atoms with Crippen LogP contribution < -0.4 is 9.47 Å². The van der Waals surface area contributed by atoms with Gasteiger partial charge < -0.3 is 14.2 Å². The van der Waals surface area contributed by atoms with Crippen molar-refractivity contribution in [3.63, 3.8) is 0 Å². The first-order chi connectivity index (χ1) is 13.0. The molecule has 29 heavy (non-hydrogen) atoms. The molecular weight excluding hydrogens is 438 g/mol. The lowest BCUT2D eigenvalue weighted by molar-refractivity contribution is -0.281. The highest BCUT2D eigenvalue weighted by Crippen LogP contribution is 2.40. The molecule has 0 aromatic heterocycles. The minimum atomic E-state index is -6.35. The smallest absolute Gasteiger partial charge is 0.465 e. The molecule has 0 atom stereocenters. The van der Waals surface area contributed by atoms with Gasteiger partial charge >= 0.3 is 36.1 Å². The molecule has 1 aromatic carbocycles. The molecule has 0 aliphatic rings. The Kier molecular flexibility index (Phi) is 6.66. The van der Waals surface area contributed by atoms with Crippen molar-refractivity contribution < 1.29 is 67.7 Å². The Balaban J connectivity index is 3.17. The van der Waals surface area contributed by atoms with Gasteiger partial charge in [0.05, 0.1) is 7.11 Å². The maximum Gasteiger partial charge on any atom is 0.465 e. The molecule has 0 N–H and O–H groups in total. The van der Waals surface area contributed by atoms with Gasteiger partial charge in [-0.25, -0.2) is 9.59 Å². The van der Waals surface area contributed by atoms with Crippen LogP contribution in [0.4, 0.5) is 43.9 Å². The fourth-order valence-electron chi connectivity index (χ4n) is 1.57. The van der Waals surface area contributed by atoms with Crippen LogP contribution in [0.1, 0.15) is 5.56 Å². The van der Waals surface area contributed by atoms with Crippen LogP contribution in [0.3, 0.4) is 0 Å². The highest BCUT2D eigenvalue weighted by molar-refractivity contribution is 5.82. The number of benzene rings is 1. The van der Waals surface area contributed by atoms with E-state index in [-0.39, 0.29) is 0 Å². The van der Waals surface area contributed by atoms with Gasteiger partial charge in [0, 0.05) is 5.56 Å². The van der Waals surface area contributed by atoms with Crippen molar-refractivity contribution in [1.29, 1.82) is 0 Å². The van der Waals surface area contributed by atoms with E-state index in [2.05, 4.69) is 14.2 Å². The van der Waals surface area contributed by atoms with Gasteiger partial charge in [-0.2, -0.15) is 43.9 Å². The van der Waals surface area contributed by atoms with Crippen LogP contribution in [-0.4, -0.2) is 43.2 Å². The van der Waals surface area contributed by atoms with E-state index in [9.17, 15) is 53.5 Å². The zero-order valence-electron chi connectivity index (χ0n) is 13.8. The summed E-state index contributed by atoms with van der Waals surface area (Å²) in [6.07, 6.45) is -12.7. The molecule has 164 valence electrons. The molecule has 0 heterocycles. The van der Waals surface area contributed by atoms with Crippen LogP contribution in [0.25, 0.3) is 0 Å². The standard InChI is InChI=1S/C14H8F10O5/c1-27-7-4-2-3-6(5-28-9(25)11(15,16)13(19,20)21)8(7)29-10(26)12(17,18)14(22,23)24/h2-4H,5H2,1H3. The maximum atomic E-state index is 13.0. The first-order valence-electron chi connectivity index (χ1n) is 6.91. The summed E-state index contributed by atoms with van der Waals surface area (Å²) in [7, 11) is 0.835. The normalized spacial score (nSPS) is 13.1. The molecule has 15 heteroatoms. The van der Waals surface area contributed by atoms with Gasteiger partial charge in [0.2, 0.25) is 0 Å². The second kappa shape index (κ2) is 7.94. The average Bonchev–Trinajstić information content (AvgIpc) is 2.58. The quantitative estimate of drug-likeness (QED) is 0.375. The summed E-state index contributed by atoms with van der Waals surface area (Å²) in [5, 5.41) is 0. The molecule has 0 bridgehead atoms. The lowest BCUT2D eigenvalue weighted by Gasteiger charge is -2.20. The number of alkyl halides is 10. The molecule has 1 rings (SSSR count). The number of para-hydroxylation sites is 1. The van der Waals surface area contributed by atoms with Gasteiger partial charge in [0.25, 0.3) is 0 Å². The molecule has 0 radical (unpaired) electrons. The molecule has 0 saturated carbocycles. The first kappa shape index (κ1) is 24.3. The van der Waals surface area contributed by atoms with Gasteiger partial charge in [0.1, 0.15) is 6.61 Å². The molecule has 0 amide bonds. The highest BCUT2D eigenvalue weighted by atomic mass is 19.4. The first-order valence-corrected chi connectivity index (χ1v) is 6.91. The van der Waals surface area contributed by atoms with Crippen LogP contribution in [0, 0.1) is 0 Å². The van der Waals surface area contributed by atoms with Crippen LogP contribution in [-0.2, 0) is 20.9 Å². The minimum absolute atomic E-state index is 0.688. The molecule has 0 fully saturated rings. The van der Waals surface area contributed by atoms with E-state index in [1.165, 1.54) is 0 Å². The van der Waals surface area contributed by atoms with Crippen molar-refractivity contribution in [3.05, 3.63) is 23.8 Å². The van der Waals surface area contributed by atoms with E-state index in [0.717, 1.165) is 25.3 Å². The number of methoxy groups -OCH3 is 1. The van der Waals surface area contributed by atoms with Crippen molar-refractivity contribution in [1.82, 2.24) is 0 Å². The average molecular weight is 446 g/mol. The van der Waals surface area contributed by atoms with Gasteiger partial charge in [-0.3, -0.25) is 0 Å². The lowest BCUT2D eigenvalue weighted by Crippen LogP contribution is -2.46. The van der Waals surface area contributed by atoms with Gasteiger partial charge in [-0.1, -0.05) is 12.1 Å². The Morgan fingerprint density at radius 1 is 0.828 bits per heavy atom. The van der Waals surface area contributed by atoms with Crippen molar-refractivity contribution >= 4 is 11.9 Å². The summed E-state index contributed by atoms with van der Waals surface area (Å²) in [6.45, 7) is -1.51. The van der Waals surface area contributed by atoms with E-state index in [1.54, 1.807) is 0 Å².